The highest BCUT2D eigenvalue weighted by Crippen LogP contribution is 2.29. The van der Waals surface area contributed by atoms with Crippen molar-refractivity contribution >= 4 is 23.1 Å². The van der Waals surface area contributed by atoms with E-state index in [4.69, 9.17) is 0 Å². The Morgan fingerprint density at radius 1 is 1.47 bits per heavy atom. The molecule has 1 aromatic rings. The van der Waals surface area contributed by atoms with E-state index in [-0.39, 0.29) is 5.56 Å². The van der Waals surface area contributed by atoms with E-state index in [1.807, 2.05) is 13.8 Å². The molecule has 0 bridgehead atoms. The van der Waals surface area contributed by atoms with Crippen molar-refractivity contribution < 1.29 is 8.78 Å². The molecule has 0 aliphatic rings. The molecule has 0 aliphatic heterocycles. The topological polar surface area (TPSA) is 12.4 Å². The minimum atomic E-state index is -2.48. The van der Waals surface area contributed by atoms with Crippen LogP contribution in [0.15, 0.2) is 17.1 Å². The van der Waals surface area contributed by atoms with E-state index < -0.39 is 6.43 Å². The van der Waals surface area contributed by atoms with Gasteiger partial charge in [0, 0.05) is 5.56 Å². The third-order valence-corrected chi connectivity index (χ3v) is 2.40. The highest BCUT2D eigenvalue weighted by Gasteiger charge is 2.12. The van der Waals surface area contributed by atoms with Crippen LogP contribution in [0.5, 0.6) is 0 Å². The molecule has 0 fully saturated rings. The van der Waals surface area contributed by atoms with E-state index in [0.717, 1.165) is 11.1 Å². The predicted molar refractivity (Wildman–Crippen MR) is 60.2 cm³/mol. The van der Waals surface area contributed by atoms with Gasteiger partial charge in [-0.05, 0) is 48.8 Å². The largest absolute Gasteiger partial charge is 0.263 e. The summed E-state index contributed by atoms with van der Waals surface area (Å²) in [7, 11) is 0. The quantitative estimate of drug-likeness (QED) is 0.556. The Balaban J connectivity index is 3.37. The Kier molecular flexibility index (Phi) is 4.06. The van der Waals surface area contributed by atoms with Crippen molar-refractivity contribution in [2.75, 3.05) is 0 Å². The molecule has 0 aliphatic carbocycles. The molecule has 0 aromatic heterocycles. The molecule has 0 heterocycles. The van der Waals surface area contributed by atoms with Crippen LogP contribution in [0.3, 0.4) is 0 Å². The predicted octanol–water partition coefficient (Wildman–Crippen LogP) is 4.23. The van der Waals surface area contributed by atoms with Gasteiger partial charge in [-0.25, -0.2) is 8.78 Å². The van der Waals surface area contributed by atoms with Crippen LogP contribution in [0.1, 0.15) is 30.0 Å². The molecule has 0 spiro atoms. The summed E-state index contributed by atoms with van der Waals surface area (Å²) < 4.78 is 25.1. The first-order valence-corrected chi connectivity index (χ1v) is 5.00. The molecule has 15 heavy (non-hydrogen) atoms. The molecule has 1 nitrogen and oxygen atoms in total. The second-order valence-corrected chi connectivity index (χ2v) is 3.36. The molecule has 1 aromatic carbocycles. The molecule has 1 rings (SSSR count). The Morgan fingerprint density at radius 3 is 2.60 bits per heavy atom. The van der Waals surface area contributed by atoms with Crippen LogP contribution in [0.2, 0.25) is 0 Å². The average Bonchev–Trinajstić information content (AvgIpc) is 2.21. The molecule has 0 unspecified atom stereocenters. The van der Waals surface area contributed by atoms with Crippen molar-refractivity contribution in [2.45, 2.75) is 26.7 Å². The maximum Gasteiger partial charge on any atom is 0.263 e. The molecule has 4 heteroatoms. The Hall–Kier alpha value is -1.12. The van der Waals surface area contributed by atoms with Crippen molar-refractivity contribution in [1.82, 2.24) is 0 Å². The number of aryl methyl sites for hydroxylation is 1. The fourth-order valence-electron chi connectivity index (χ4n) is 1.44. The third kappa shape index (κ3) is 2.67. The minimum absolute atomic E-state index is 0.0125. The zero-order valence-electron chi connectivity index (χ0n) is 8.55. The lowest BCUT2D eigenvalue weighted by molar-refractivity contribution is 0.151. The average molecular weight is 227 g/mol. The molecule has 0 saturated heterocycles. The summed E-state index contributed by atoms with van der Waals surface area (Å²) >= 11 is 4.48. The maximum absolute atomic E-state index is 12.5. The van der Waals surface area contributed by atoms with Crippen LogP contribution in [0, 0.1) is 6.92 Å². The number of thiocarbonyl (C=S) groups is 1. The monoisotopic (exact) mass is 227 g/mol. The first-order valence-electron chi connectivity index (χ1n) is 4.59. The van der Waals surface area contributed by atoms with Gasteiger partial charge < -0.3 is 0 Å². The van der Waals surface area contributed by atoms with Crippen molar-refractivity contribution in [1.29, 1.82) is 0 Å². The maximum atomic E-state index is 12.5. The lowest BCUT2D eigenvalue weighted by atomic mass is 10.0. The summed E-state index contributed by atoms with van der Waals surface area (Å²) in [6, 6.07) is 2.88. The van der Waals surface area contributed by atoms with Gasteiger partial charge in [0.15, 0.2) is 0 Å². The highest BCUT2D eigenvalue weighted by molar-refractivity contribution is 7.78. The highest BCUT2D eigenvalue weighted by atomic mass is 32.1. The van der Waals surface area contributed by atoms with Gasteiger partial charge in [-0.15, -0.1) is 0 Å². The van der Waals surface area contributed by atoms with Crippen LogP contribution < -0.4 is 0 Å². The summed E-state index contributed by atoms with van der Waals surface area (Å²) in [6.45, 7) is 3.77. The van der Waals surface area contributed by atoms with Crippen molar-refractivity contribution in [2.24, 2.45) is 4.99 Å². The van der Waals surface area contributed by atoms with Gasteiger partial charge in [0.05, 0.1) is 10.8 Å². The van der Waals surface area contributed by atoms with Crippen LogP contribution in [0.25, 0.3) is 0 Å². The summed E-state index contributed by atoms with van der Waals surface area (Å²) in [5.74, 6) is 0. The van der Waals surface area contributed by atoms with E-state index in [9.17, 15) is 8.78 Å². The Morgan fingerprint density at radius 2 is 2.13 bits per heavy atom. The van der Waals surface area contributed by atoms with E-state index in [1.54, 1.807) is 0 Å². The molecule has 0 amide bonds. The van der Waals surface area contributed by atoms with Gasteiger partial charge in [0.1, 0.15) is 0 Å². The molecule has 0 atom stereocenters. The standard InChI is InChI=1S/C11H11F2NS/c1-3-8-4-9(11(12)13)5-10(7(8)2)14-6-15/h4-5,11H,3H2,1-2H3. The smallest absolute Gasteiger partial charge is 0.205 e. The van der Waals surface area contributed by atoms with Crippen molar-refractivity contribution in [3.63, 3.8) is 0 Å². The second kappa shape index (κ2) is 5.10. The van der Waals surface area contributed by atoms with E-state index in [0.29, 0.717) is 12.1 Å². The lowest BCUT2D eigenvalue weighted by Crippen LogP contribution is -1.92. The van der Waals surface area contributed by atoms with Gasteiger partial charge in [-0.2, -0.15) is 4.99 Å². The summed E-state index contributed by atoms with van der Waals surface area (Å²) in [6.07, 6.45) is -1.78. The number of isothiocyanates is 1. The first-order chi connectivity index (χ1) is 7.10. The number of alkyl halides is 2. The van der Waals surface area contributed by atoms with Gasteiger partial charge in [-0.3, -0.25) is 0 Å². The van der Waals surface area contributed by atoms with Crippen LogP contribution in [-0.4, -0.2) is 5.16 Å². The molecule has 0 radical (unpaired) electrons. The normalized spacial score (nSPS) is 10.2. The lowest BCUT2D eigenvalue weighted by Gasteiger charge is -2.09. The van der Waals surface area contributed by atoms with Crippen LogP contribution in [-0.2, 0) is 6.42 Å². The number of halogens is 2. The second-order valence-electron chi connectivity index (χ2n) is 3.18. The summed E-state index contributed by atoms with van der Waals surface area (Å²) in [5.41, 5.74) is 2.23. The van der Waals surface area contributed by atoms with Crippen LogP contribution in [0.4, 0.5) is 14.5 Å². The van der Waals surface area contributed by atoms with Gasteiger partial charge in [-0.1, -0.05) is 6.92 Å². The zero-order chi connectivity index (χ0) is 11.4. The van der Waals surface area contributed by atoms with E-state index >= 15 is 0 Å². The first kappa shape index (κ1) is 12.0. The number of aliphatic imine (C=N–C) groups is 1. The van der Waals surface area contributed by atoms with E-state index in [1.165, 1.54) is 12.1 Å². The fraction of sp³-hybridized carbons (Fsp3) is 0.364. The number of hydrogen-bond acceptors (Lipinski definition) is 2. The van der Waals surface area contributed by atoms with E-state index in [2.05, 4.69) is 22.4 Å². The van der Waals surface area contributed by atoms with Crippen LogP contribution >= 0.6 is 12.2 Å². The van der Waals surface area contributed by atoms with Gasteiger partial charge >= 0.3 is 0 Å². The number of nitrogens with zero attached hydrogens (tertiary/aromatic N) is 1. The SMILES string of the molecule is CCc1cc(C(F)F)cc(N=C=S)c1C. The molecule has 80 valence electrons. The van der Waals surface area contributed by atoms with Gasteiger partial charge in [0.25, 0.3) is 6.43 Å². The van der Waals surface area contributed by atoms with Crippen molar-refractivity contribution in [3.05, 3.63) is 28.8 Å². The van der Waals surface area contributed by atoms with Gasteiger partial charge in [0.2, 0.25) is 0 Å². The summed E-state index contributed by atoms with van der Waals surface area (Å²) in [5, 5.41) is 2.21. The number of hydrogen-bond donors (Lipinski definition) is 0. The molecular formula is C11H11F2NS. The number of benzene rings is 1. The zero-order valence-corrected chi connectivity index (χ0v) is 9.37. The van der Waals surface area contributed by atoms with Crippen molar-refractivity contribution in [3.8, 4) is 0 Å². The minimum Gasteiger partial charge on any atom is -0.205 e. The Bertz CT molecular complexity index is 409. The third-order valence-electron chi connectivity index (χ3n) is 2.31. The fourth-order valence-corrected chi connectivity index (χ4v) is 1.54. The summed E-state index contributed by atoms with van der Waals surface area (Å²) in [4.78, 5) is 3.79. The molecule has 0 N–H and O–H groups in total. The number of rotatable bonds is 3. The molecular weight excluding hydrogens is 216 g/mol. The Labute approximate surface area is 92.8 Å². The molecule has 0 saturated carbocycles.